The van der Waals surface area contributed by atoms with Crippen molar-refractivity contribution >= 4 is 16.8 Å². The van der Waals surface area contributed by atoms with Crippen LogP contribution < -0.4 is 4.74 Å². The quantitative estimate of drug-likeness (QED) is 0.727. The lowest BCUT2D eigenvalue weighted by molar-refractivity contribution is 0.331. The molecular weight excluding hydrogens is 206 g/mol. The molecule has 1 heterocycles. The Labute approximate surface area is 94.7 Å². The molecule has 1 aliphatic rings. The summed E-state index contributed by atoms with van der Waals surface area (Å²) in [6, 6.07) is 8.12. The molecule has 0 radical (unpaired) electrons. The minimum absolute atomic E-state index is 0.551. The van der Waals surface area contributed by atoms with Gasteiger partial charge in [-0.1, -0.05) is 26.0 Å². The Bertz CT molecular complexity index is 374. The van der Waals surface area contributed by atoms with Crippen molar-refractivity contribution in [2.45, 2.75) is 19.1 Å². The van der Waals surface area contributed by atoms with Crippen LogP contribution in [0.5, 0.6) is 5.75 Å². The summed E-state index contributed by atoms with van der Waals surface area (Å²) in [5, 5.41) is 1.66. The van der Waals surface area contributed by atoms with Crippen LogP contribution in [0.15, 0.2) is 29.3 Å². The molecule has 1 aliphatic heterocycles. The topological polar surface area (TPSA) is 21.6 Å². The number of ether oxygens (including phenoxy) is 1. The lowest BCUT2D eigenvalue weighted by Gasteiger charge is -2.10. The molecule has 15 heavy (non-hydrogen) atoms. The van der Waals surface area contributed by atoms with E-state index < -0.39 is 0 Å². The number of aliphatic imine (C=N–C) groups is 1. The van der Waals surface area contributed by atoms with Crippen molar-refractivity contribution in [3.8, 4) is 5.75 Å². The highest BCUT2D eigenvalue weighted by Crippen LogP contribution is 2.27. The summed E-state index contributed by atoms with van der Waals surface area (Å²) in [5.74, 6) is 0.960. The highest BCUT2D eigenvalue weighted by Gasteiger charge is 2.14. The third-order valence-electron chi connectivity index (χ3n) is 2.07. The highest BCUT2D eigenvalue weighted by atomic mass is 32.2. The summed E-state index contributed by atoms with van der Waals surface area (Å²) in [7, 11) is 0. The molecular formula is C12H15NOS. The zero-order valence-corrected chi connectivity index (χ0v) is 9.88. The number of nitrogens with zero attached hydrogens (tertiary/aromatic N) is 1. The van der Waals surface area contributed by atoms with Gasteiger partial charge in [0.05, 0.1) is 6.54 Å². The maximum atomic E-state index is 5.63. The molecule has 0 unspecified atom stereocenters. The first-order chi connectivity index (χ1) is 7.27. The number of rotatable bonds is 1. The third-order valence-corrected chi connectivity index (χ3v) is 3.11. The lowest BCUT2D eigenvalue weighted by atomic mass is 10.2. The zero-order chi connectivity index (χ0) is 10.7. The Hall–Kier alpha value is -0.960. The first kappa shape index (κ1) is 10.6. The van der Waals surface area contributed by atoms with E-state index in [0.29, 0.717) is 11.9 Å². The van der Waals surface area contributed by atoms with E-state index in [0.717, 1.165) is 22.9 Å². The Kier molecular flexibility index (Phi) is 3.31. The standard InChI is InChI=1S/C12H15NOS/c1-9(2)15-12-10-5-3-4-6-11(10)14-8-7-13-12/h3-6,9H,7-8H2,1-2H3. The van der Waals surface area contributed by atoms with Gasteiger partial charge in [-0.3, -0.25) is 4.99 Å². The minimum Gasteiger partial charge on any atom is -0.491 e. The van der Waals surface area contributed by atoms with Gasteiger partial charge in [0, 0.05) is 10.8 Å². The van der Waals surface area contributed by atoms with E-state index in [-0.39, 0.29) is 0 Å². The SMILES string of the molecule is CC(C)SC1=NCCOc2ccccc21. The Morgan fingerprint density at radius 1 is 1.33 bits per heavy atom. The second-order valence-electron chi connectivity index (χ2n) is 3.70. The maximum absolute atomic E-state index is 5.63. The largest absolute Gasteiger partial charge is 0.491 e. The van der Waals surface area contributed by atoms with Crippen molar-refractivity contribution in [3.05, 3.63) is 29.8 Å². The molecule has 0 bridgehead atoms. The summed E-state index contributed by atoms with van der Waals surface area (Å²) in [5.41, 5.74) is 1.13. The van der Waals surface area contributed by atoms with Crippen molar-refractivity contribution in [3.63, 3.8) is 0 Å². The number of fused-ring (bicyclic) bond motifs is 1. The van der Waals surface area contributed by atoms with Crippen LogP contribution in [-0.4, -0.2) is 23.4 Å². The number of para-hydroxylation sites is 1. The Morgan fingerprint density at radius 2 is 2.13 bits per heavy atom. The molecule has 0 fully saturated rings. The molecule has 80 valence electrons. The van der Waals surface area contributed by atoms with E-state index in [1.807, 2.05) is 18.2 Å². The minimum atomic E-state index is 0.551. The summed E-state index contributed by atoms with van der Waals surface area (Å²) in [4.78, 5) is 4.56. The zero-order valence-electron chi connectivity index (χ0n) is 9.06. The molecule has 2 rings (SSSR count). The van der Waals surface area contributed by atoms with Gasteiger partial charge in [0.25, 0.3) is 0 Å². The molecule has 0 spiro atoms. The molecule has 0 N–H and O–H groups in total. The molecule has 1 aromatic rings. The Morgan fingerprint density at radius 3 is 2.93 bits per heavy atom. The highest BCUT2D eigenvalue weighted by molar-refractivity contribution is 8.14. The van der Waals surface area contributed by atoms with Crippen molar-refractivity contribution < 1.29 is 4.74 Å². The second-order valence-corrected chi connectivity index (χ2v) is 5.26. The van der Waals surface area contributed by atoms with E-state index in [9.17, 15) is 0 Å². The number of thioether (sulfide) groups is 1. The monoisotopic (exact) mass is 221 g/mol. The number of hydrogen-bond acceptors (Lipinski definition) is 3. The van der Waals surface area contributed by atoms with E-state index in [2.05, 4.69) is 24.9 Å². The summed E-state index contributed by atoms with van der Waals surface area (Å²) in [6.45, 7) is 5.80. The van der Waals surface area contributed by atoms with Gasteiger partial charge in [-0.2, -0.15) is 0 Å². The number of benzene rings is 1. The molecule has 0 amide bonds. The molecule has 0 saturated carbocycles. The second kappa shape index (κ2) is 4.71. The average Bonchev–Trinajstić information content (AvgIpc) is 2.41. The first-order valence-corrected chi connectivity index (χ1v) is 6.08. The van der Waals surface area contributed by atoms with Crippen LogP contribution in [0.4, 0.5) is 0 Å². The van der Waals surface area contributed by atoms with Gasteiger partial charge in [0.2, 0.25) is 0 Å². The fourth-order valence-electron chi connectivity index (χ4n) is 1.48. The maximum Gasteiger partial charge on any atom is 0.129 e. The van der Waals surface area contributed by atoms with Crippen molar-refractivity contribution in [1.82, 2.24) is 0 Å². The third kappa shape index (κ3) is 2.53. The van der Waals surface area contributed by atoms with E-state index in [1.54, 1.807) is 11.8 Å². The normalized spacial score (nSPS) is 15.3. The Balaban J connectivity index is 2.34. The van der Waals surface area contributed by atoms with Gasteiger partial charge in [-0.15, -0.1) is 11.8 Å². The van der Waals surface area contributed by atoms with Crippen LogP contribution in [0.25, 0.3) is 0 Å². The molecule has 2 nitrogen and oxygen atoms in total. The van der Waals surface area contributed by atoms with Crippen molar-refractivity contribution in [2.24, 2.45) is 4.99 Å². The molecule has 3 heteroatoms. The fourth-order valence-corrected chi connectivity index (χ4v) is 2.39. The van der Waals surface area contributed by atoms with Crippen LogP contribution in [0.2, 0.25) is 0 Å². The molecule has 0 aliphatic carbocycles. The van der Waals surface area contributed by atoms with Gasteiger partial charge >= 0.3 is 0 Å². The molecule has 1 aromatic carbocycles. The van der Waals surface area contributed by atoms with Gasteiger partial charge < -0.3 is 4.74 Å². The van der Waals surface area contributed by atoms with Crippen molar-refractivity contribution in [1.29, 1.82) is 0 Å². The lowest BCUT2D eigenvalue weighted by Crippen LogP contribution is -2.01. The van der Waals surface area contributed by atoms with Gasteiger partial charge in [0.1, 0.15) is 17.4 Å². The molecule has 0 atom stereocenters. The van der Waals surface area contributed by atoms with Gasteiger partial charge in [-0.25, -0.2) is 0 Å². The van der Waals surface area contributed by atoms with E-state index in [4.69, 9.17) is 4.74 Å². The van der Waals surface area contributed by atoms with Crippen LogP contribution in [0.3, 0.4) is 0 Å². The van der Waals surface area contributed by atoms with Gasteiger partial charge in [-0.05, 0) is 12.1 Å². The van der Waals surface area contributed by atoms with E-state index >= 15 is 0 Å². The first-order valence-electron chi connectivity index (χ1n) is 5.20. The predicted molar refractivity (Wildman–Crippen MR) is 66.1 cm³/mol. The predicted octanol–water partition coefficient (Wildman–Crippen LogP) is 2.97. The van der Waals surface area contributed by atoms with Crippen LogP contribution in [-0.2, 0) is 0 Å². The van der Waals surface area contributed by atoms with Crippen molar-refractivity contribution in [2.75, 3.05) is 13.2 Å². The number of hydrogen-bond donors (Lipinski definition) is 0. The van der Waals surface area contributed by atoms with Crippen LogP contribution in [0.1, 0.15) is 19.4 Å². The molecule has 0 aromatic heterocycles. The summed E-state index contributed by atoms with van der Waals surface area (Å²) < 4.78 is 5.63. The summed E-state index contributed by atoms with van der Waals surface area (Å²) in [6.07, 6.45) is 0. The van der Waals surface area contributed by atoms with E-state index in [1.165, 1.54) is 0 Å². The molecule has 0 saturated heterocycles. The van der Waals surface area contributed by atoms with Gasteiger partial charge in [0.15, 0.2) is 0 Å². The average molecular weight is 221 g/mol. The fraction of sp³-hybridized carbons (Fsp3) is 0.417. The van der Waals surface area contributed by atoms with Crippen LogP contribution in [0, 0.1) is 0 Å². The smallest absolute Gasteiger partial charge is 0.129 e. The van der Waals surface area contributed by atoms with Crippen LogP contribution >= 0.6 is 11.8 Å². The summed E-state index contributed by atoms with van der Waals surface area (Å²) >= 11 is 1.80.